The van der Waals surface area contributed by atoms with Gasteiger partial charge in [0, 0.05) is 17.5 Å². The molecule has 0 unspecified atom stereocenters. The predicted molar refractivity (Wildman–Crippen MR) is 98.2 cm³/mol. The Morgan fingerprint density at radius 2 is 2.04 bits per heavy atom. The summed E-state index contributed by atoms with van der Waals surface area (Å²) in [6, 6.07) is 0.587. The number of aryl methyl sites for hydroxylation is 1. The molecule has 5 nitrogen and oxygen atoms in total. The first-order chi connectivity index (χ1) is 12.2. The summed E-state index contributed by atoms with van der Waals surface area (Å²) in [5, 5.41) is 3.71. The van der Waals surface area contributed by atoms with Crippen molar-refractivity contribution < 1.29 is 14.3 Å². The first kappa shape index (κ1) is 17.0. The lowest BCUT2D eigenvalue weighted by molar-refractivity contribution is -0.117. The van der Waals surface area contributed by atoms with E-state index in [1.165, 1.54) is 30.6 Å². The van der Waals surface area contributed by atoms with Gasteiger partial charge in [-0.05, 0) is 63.4 Å². The molecule has 1 heterocycles. The number of rotatable bonds is 8. The molecule has 0 spiro atoms. The van der Waals surface area contributed by atoms with Crippen molar-refractivity contribution in [2.45, 2.75) is 57.9 Å². The highest BCUT2D eigenvalue weighted by Crippen LogP contribution is 2.40. The van der Waals surface area contributed by atoms with Crippen molar-refractivity contribution in [1.29, 1.82) is 0 Å². The van der Waals surface area contributed by atoms with E-state index in [0.29, 0.717) is 29.8 Å². The average molecular weight is 362 g/mol. The molecule has 1 aromatic rings. The van der Waals surface area contributed by atoms with Crippen molar-refractivity contribution in [1.82, 2.24) is 4.90 Å². The number of amides is 1. The van der Waals surface area contributed by atoms with Crippen LogP contribution in [-0.2, 0) is 22.4 Å². The minimum atomic E-state index is -0.297. The van der Waals surface area contributed by atoms with E-state index >= 15 is 0 Å². The number of hydrogen-bond donors (Lipinski definition) is 1. The molecule has 0 saturated heterocycles. The average Bonchev–Trinajstić information content (AvgIpc) is 3.46. The zero-order valence-corrected chi connectivity index (χ0v) is 15.6. The number of thiophene rings is 1. The van der Waals surface area contributed by atoms with Crippen LogP contribution in [0.5, 0.6) is 0 Å². The van der Waals surface area contributed by atoms with E-state index in [4.69, 9.17) is 4.74 Å². The minimum absolute atomic E-state index is 0.00183. The van der Waals surface area contributed by atoms with Gasteiger partial charge in [-0.15, -0.1) is 11.3 Å². The summed E-state index contributed by atoms with van der Waals surface area (Å²) < 4.78 is 5.23. The van der Waals surface area contributed by atoms with Crippen molar-refractivity contribution >= 4 is 28.2 Å². The molecular formula is C19H26N2O3S. The Balaban J connectivity index is 1.46. The molecule has 136 valence electrons. The number of nitrogens with one attached hydrogen (secondary N) is 1. The molecule has 25 heavy (non-hydrogen) atoms. The number of anilines is 1. The van der Waals surface area contributed by atoms with Gasteiger partial charge in [-0.1, -0.05) is 0 Å². The van der Waals surface area contributed by atoms with E-state index in [0.717, 1.165) is 37.3 Å². The van der Waals surface area contributed by atoms with Gasteiger partial charge in [0.15, 0.2) is 0 Å². The van der Waals surface area contributed by atoms with Gasteiger partial charge in [-0.25, -0.2) is 4.79 Å². The summed E-state index contributed by atoms with van der Waals surface area (Å²) in [4.78, 5) is 28.6. The molecule has 2 saturated carbocycles. The zero-order chi connectivity index (χ0) is 17.4. The van der Waals surface area contributed by atoms with E-state index in [1.807, 2.05) is 6.92 Å². The lowest BCUT2D eigenvalue weighted by Crippen LogP contribution is -2.36. The maximum atomic E-state index is 12.6. The Hall–Kier alpha value is -1.40. The van der Waals surface area contributed by atoms with Crippen molar-refractivity contribution in [3.63, 3.8) is 0 Å². The Kier molecular flexibility index (Phi) is 4.82. The number of fused-ring (bicyclic) bond motifs is 1. The van der Waals surface area contributed by atoms with Crippen LogP contribution in [0.2, 0.25) is 0 Å². The molecule has 3 aliphatic carbocycles. The van der Waals surface area contributed by atoms with Crippen molar-refractivity contribution in [3.8, 4) is 0 Å². The number of hydrogen-bond acceptors (Lipinski definition) is 5. The molecule has 0 aliphatic heterocycles. The number of esters is 1. The van der Waals surface area contributed by atoms with Gasteiger partial charge in [-0.2, -0.15) is 0 Å². The number of ether oxygens (including phenoxy) is 1. The van der Waals surface area contributed by atoms with Gasteiger partial charge in [0.1, 0.15) is 5.00 Å². The van der Waals surface area contributed by atoms with Gasteiger partial charge in [0.05, 0.1) is 18.7 Å². The van der Waals surface area contributed by atoms with Gasteiger partial charge in [0.25, 0.3) is 0 Å². The van der Waals surface area contributed by atoms with Crippen LogP contribution < -0.4 is 5.32 Å². The summed E-state index contributed by atoms with van der Waals surface area (Å²) in [5.74, 6) is 0.487. The van der Waals surface area contributed by atoms with E-state index in [9.17, 15) is 9.59 Å². The Labute approximate surface area is 152 Å². The van der Waals surface area contributed by atoms with E-state index in [1.54, 1.807) is 11.3 Å². The summed E-state index contributed by atoms with van der Waals surface area (Å²) in [6.07, 6.45) is 8.01. The molecule has 1 amide bonds. The second-order valence-electron chi connectivity index (χ2n) is 7.43. The summed E-state index contributed by atoms with van der Waals surface area (Å²) in [5.41, 5.74) is 1.70. The normalized spacial score (nSPS) is 19.1. The van der Waals surface area contributed by atoms with Gasteiger partial charge in [-0.3, -0.25) is 9.69 Å². The fourth-order valence-electron chi connectivity index (χ4n) is 3.68. The molecule has 0 atom stereocenters. The smallest absolute Gasteiger partial charge is 0.341 e. The first-order valence-corrected chi connectivity index (χ1v) is 10.3. The summed E-state index contributed by atoms with van der Waals surface area (Å²) >= 11 is 1.56. The topological polar surface area (TPSA) is 58.6 Å². The fourth-order valence-corrected chi connectivity index (χ4v) is 4.97. The molecule has 1 N–H and O–H groups in total. The van der Waals surface area contributed by atoms with Crippen LogP contribution in [0.15, 0.2) is 0 Å². The van der Waals surface area contributed by atoms with Crippen LogP contribution >= 0.6 is 11.3 Å². The highest BCUT2D eigenvalue weighted by atomic mass is 32.1. The van der Waals surface area contributed by atoms with Crippen LogP contribution in [0.3, 0.4) is 0 Å². The largest absolute Gasteiger partial charge is 0.462 e. The Morgan fingerprint density at radius 1 is 1.24 bits per heavy atom. The van der Waals surface area contributed by atoms with Crippen LogP contribution in [0.4, 0.5) is 5.00 Å². The second-order valence-corrected chi connectivity index (χ2v) is 8.54. The van der Waals surface area contributed by atoms with E-state index < -0.39 is 0 Å². The molecule has 0 bridgehead atoms. The summed E-state index contributed by atoms with van der Waals surface area (Å²) in [6.45, 7) is 3.65. The molecule has 4 rings (SSSR count). The quantitative estimate of drug-likeness (QED) is 0.722. The molecule has 6 heteroatoms. The third kappa shape index (κ3) is 3.90. The van der Waals surface area contributed by atoms with Crippen LogP contribution in [0.25, 0.3) is 0 Å². The van der Waals surface area contributed by atoms with Crippen molar-refractivity contribution in [2.75, 3.05) is 25.0 Å². The maximum Gasteiger partial charge on any atom is 0.341 e. The molecule has 0 radical (unpaired) electrons. The zero-order valence-electron chi connectivity index (χ0n) is 14.8. The Morgan fingerprint density at radius 3 is 2.72 bits per heavy atom. The first-order valence-electron chi connectivity index (χ1n) is 9.51. The third-order valence-electron chi connectivity index (χ3n) is 5.25. The molecular weight excluding hydrogens is 336 g/mol. The lowest BCUT2D eigenvalue weighted by Gasteiger charge is -2.21. The fraction of sp³-hybridized carbons (Fsp3) is 0.684. The summed E-state index contributed by atoms with van der Waals surface area (Å²) in [7, 11) is 0. The van der Waals surface area contributed by atoms with Gasteiger partial charge >= 0.3 is 5.97 Å². The number of carbonyl (C=O) groups excluding carboxylic acids is 2. The van der Waals surface area contributed by atoms with E-state index in [-0.39, 0.29) is 11.9 Å². The van der Waals surface area contributed by atoms with Crippen molar-refractivity contribution in [3.05, 3.63) is 16.0 Å². The highest BCUT2D eigenvalue weighted by Gasteiger charge is 2.35. The van der Waals surface area contributed by atoms with Gasteiger partial charge < -0.3 is 10.1 Å². The van der Waals surface area contributed by atoms with Gasteiger partial charge in [0.2, 0.25) is 5.91 Å². The molecule has 2 fully saturated rings. The predicted octanol–water partition coefficient (Wildman–Crippen LogP) is 3.23. The number of carbonyl (C=O) groups is 2. The molecule has 0 aromatic carbocycles. The Bertz CT molecular complexity index is 676. The molecule has 3 aliphatic rings. The van der Waals surface area contributed by atoms with E-state index in [2.05, 4.69) is 10.2 Å². The number of nitrogens with zero attached hydrogens (tertiary/aromatic N) is 1. The van der Waals surface area contributed by atoms with Crippen LogP contribution in [0.1, 0.15) is 59.8 Å². The monoisotopic (exact) mass is 362 g/mol. The van der Waals surface area contributed by atoms with Crippen LogP contribution in [0, 0.1) is 5.92 Å². The minimum Gasteiger partial charge on any atom is -0.462 e. The highest BCUT2D eigenvalue weighted by molar-refractivity contribution is 7.17. The maximum absolute atomic E-state index is 12.6. The lowest BCUT2D eigenvalue weighted by atomic mass is 10.1. The SMILES string of the molecule is CCOC(=O)c1c(NC(=O)CN(CC2CC2)C2CC2)sc2c1CCC2. The van der Waals surface area contributed by atoms with Crippen molar-refractivity contribution in [2.24, 2.45) is 5.92 Å². The van der Waals surface area contributed by atoms with Crippen LogP contribution in [-0.4, -0.2) is 42.5 Å². The second kappa shape index (κ2) is 7.08. The molecule has 1 aromatic heterocycles. The standard InChI is InChI=1S/C19H26N2O3S/c1-2-24-19(23)17-14-4-3-5-15(14)25-18(17)20-16(22)11-21(13-8-9-13)10-12-6-7-12/h12-13H,2-11H2,1H3,(H,20,22). The third-order valence-corrected chi connectivity index (χ3v) is 6.46.